The highest BCUT2D eigenvalue weighted by Gasteiger charge is 2.26. The molecule has 1 aliphatic heterocycles. The first-order valence-electron chi connectivity index (χ1n) is 11.5. The van der Waals surface area contributed by atoms with E-state index in [0.29, 0.717) is 32.1 Å². The van der Waals surface area contributed by atoms with E-state index in [0.717, 1.165) is 50.2 Å². The summed E-state index contributed by atoms with van der Waals surface area (Å²) in [6, 6.07) is 10.5. The number of amides is 1. The van der Waals surface area contributed by atoms with Gasteiger partial charge in [0, 0.05) is 24.0 Å². The lowest BCUT2D eigenvalue weighted by Crippen LogP contribution is -2.41. The van der Waals surface area contributed by atoms with E-state index in [4.69, 9.17) is 19.7 Å². The number of fused-ring (bicyclic) bond motifs is 5. The Labute approximate surface area is 210 Å². The van der Waals surface area contributed by atoms with Gasteiger partial charge in [-0.25, -0.2) is 15.0 Å². The van der Waals surface area contributed by atoms with Gasteiger partial charge in [-0.2, -0.15) is 0 Å². The van der Waals surface area contributed by atoms with Gasteiger partial charge in [0.05, 0.1) is 34.9 Å². The molecule has 174 valence electrons. The molecule has 4 aromatic rings. The normalized spacial score (nSPS) is 15.9. The monoisotopic (exact) mass is 508 g/mol. The third-order valence-electron chi connectivity index (χ3n) is 6.41. The Kier molecular flexibility index (Phi) is 6.19. The van der Waals surface area contributed by atoms with Crippen molar-refractivity contribution in [3.05, 3.63) is 41.5 Å². The summed E-state index contributed by atoms with van der Waals surface area (Å²) in [4.78, 5) is 30.6. The molecule has 9 heteroatoms. The van der Waals surface area contributed by atoms with Crippen LogP contribution in [0.3, 0.4) is 0 Å². The number of aromatic nitrogens is 3. The van der Waals surface area contributed by atoms with Crippen molar-refractivity contribution in [2.45, 2.75) is 29.4 Å². The molecule has 0 radical (unpaired) electrons. The zero-order valence-electron chi connectivity index (χ0n) is 18.9. The lowest BCUT2D eigenvalue weighted by atomic mass is 10.0. The Morgan fingerprint density at radius 2 is 1.88 bits per heavy atom. The standard InChI is InChI=1S/C25H24N4O2S3/c1-32-25-27-21-19-16-8-5-9-17(16)20(15-6-3-2-4-7-15)26-23(19)34-22(21)24(28-25)33-14-18(30)29-10-12-31-13-11-29/h2-4,6-7H,5,8-14H2,1H3. The molecule has 0 unspecified atom stereocenters. The average molecular weight is 509 g/mol. The van der Waals surface area contributed by atoms with E-state index in [-0.39, 0.29) is 5.91 Å². The summed E-state index contributed by atoms with van der Waals surface area (Å²) in [5.41, 5.74) is 6.01. The molecule has 1 aliphatic carbocycles. The van der Waals surface area contributed by atoms with Crippen molar-refractivity contribution in [2.24, 2.45) is 0 Å². The lowest BCUT2D eigenvalue weighted by molar-refractivity contribution is -0.132. The second-order valence-electron chi connectivity index (χ2n) is 8.39. The first-order chi connectivity index (χ1) is 16.7. The Hall–Kier alpha value is -2.20. The minimum atomic E-state index is 0.136. The number of benzene rings is 1. The van der Waals surface area contributed by atoms with Crippen molar-refractivity contribution < 1.29 is 9.53 Å². The molecule has 6 rings (SSSR count). The number of hydrogen-bond acceptors (Lipinski definition) is 8. The summed E-state index contributed by atoms with van der Waals surface area (Å²) in [5, 5.41) is 2.81. The van der Waals surface area contributed by atoms with Gasteiger partial charge in [0.1, 0.15) is 9.86 Å². The number of carbonyl (C=O) groups is 1. The van der Waals surface area contributed by atoms with Crippen LogP contribution in [0.1, 0.15) is 17.5 Å². The Balaban J connectivity index is 1.45. The van der Waals surface area contributed by atoms with E-state index >= 15 is 0 Å². The first-order valence-corrected chi connectivity index (χ1v) is 14.5. The number of aryl methyl sites for hydroxylation is 1. The molecule has 1 aromatic carbocycles. The zero-order chi connectivity index (χ0) is 23.1. The van der Waals surface area contributed by atoms with Gasteiger partial charge in [0.25, 0.3) is 0 Å². The SMILES string of the molecule is CSc1nc(SCC(=O)N2CCOCC2)c2sc3nc(-c4ccccc4)c4c(c3c2n1)CCC4. The number of nitrogens with zero attached hydrogens (tertiary/aromatic N) is 4. The summed E-state index contributed by atoms with van der Waals surface area (Å²) < 4.78 is 6.42. The van der Waals surface area contributed by atoms with E-state index in [1.807, 2.05) is 17.2 Å². The zero-order valence-corrected chi connectivity index (χ0v) is 21.3. The molecule has 0 bridgehead atoms. The predicted octanol–water partition coefficient (Wildman–Crippen LogP) is 5.07. The molecule has 0 saturated carbocycles. The van der Waals surface area contributed by atoms with Crippen molar-refractivity contribution in [2.75, 3.05) is 38.3 Å². The molecule has 1 saturated heterocycles. The summed E-state index contributed by atoms with van der Waals surface area (Å²) >= 11 is 4.72. The summed E-state index contributed by atoms with van der Waals surface area (Å²) in [5.74, 6) is 0.506. The fourth-order valence-corrected chi connectivity index (χ4v) is 7.36. The van der Waals surface area contributed by atoms with E-state index in [1.54, 1.807) is 23.1 Å². The van der Waals surface area contributed by atoms with Crippen LogP contribution in [-0.4, -0.2) is 64.1 Å². The molecule has 0 spiro atoms. The molecule has 1 fully saturated rings. The van der Waals surface area contributed by atoms with Crippen LogP contribution in [-0.2, 0) is 22.4 Å². The van der Waals surface area contributed by atoms with Crippen LogP contribution in [0, 0.1) is 0 Å². The minimum absolute atomic E-state index is 0.136. The van der Waals surface area contributed by atoms with E-state index in [1.165, 1.54) is 33.8 Å². The maximum atomic E-state index is 12.8. The highest BCUT2D eigenvalue weighted by atomic mass is 32.2. The van der Waals surface area contributed by atoms with Crippen molar-refractivity contribution in [1.29, 1.82) is 0 Å². The van der Waals surface area contributed by atoms with Gasteiger partial charge in [-0.1, -0.05) is 53.9 Å². The quantitative estimate of drug-likeness (QED) is 0.212. The number of thiophene rings is 1. The molecular weight excluding hydrogens is 485 g/mol. The van der Waals surface area contributed by atoms with Crippen LogP contribution in [0.4, 0.5) is 0 Å². The third-order valence-corrected chi connectivity index (χ3v) is 9.12. The summed E-state index contributed by atoms with van der Waals surface area (Å²) in [7, 11) is 0. The van der Waals surface area contributed by atoms with Gasteiger partial charge in [0.2, 0.25) is 5.91 Å². The second-order valence-corrected chi connectivity index (χ2v) is 11.1. The number of pyridine rings is 1. The van der Waals surface area contributed by atoms with Crippen LogP contribution in [0.5, 0.6) is 0 Å². The largest absolute Gasteiger partial charge is 0.378 e. The van der Waals surface area contributed by atoms with E-state index < -0.39 is 0 Å². The maximum Gasteiger partial charge on any atom is 0.233 e. The Bertz CT molecular complexity index is 1380. The number of hydrogen-bond donors (Lipinski definition) is 0. The van der Waals surface area contributed by atoms with Gasteiger partial charge in [-0.3, -0.25) is 4.79 Å². The molecule has 1 amide bonds. The number of rotatable bonds is 5. The lowest BCUT2D eigenvalue weighted by Gasteiger charge is -2.26. The molecule has 2 aliphatic rings. The number of carbonyl (C=O) groups excluding carboxylic acids is 1. The Morgan fingerprint density at radius 3 is 2.68 bits per heavy atom. The van der Waals surface area contributed by atoms with Crippen LogP contribution < -0.4 is 0 Å². The topological polar surface area (TPSA) is 68.2 Å². The smallest absolute Gasteiger partial charge is 0.233 e. The molecule has 6 nitrogen and oxygen atoms in total. The maximum absolute atomic E-state index is 12.8. The highest BCUT2D eigenvalue weighted by Crippen LogP contribution is 2.44. The van der Waals surface area contributed by atoms with Gasteiger partial charge in [0.15, 0.2) is 5.16 Å². The second kappa shape index (κ2) is 9.45. The molecule has 4 heterocycles. The number of morpholine rings is 1. The van der Waals surface area contributed by atoms with Crippen LogP contribution in [0.25, 0.3) is 31.7 Å². The van der Waals surface area contributed by atoms with Crippen LogP contribution in [0.15, 0.2) is 40.5 Å². The molecule has 0 N–H and O–H groups in total. The van der Waals surface area contributed by atoms with Crippen molar-refractivity contribution in [1.82, 2.24) is 19.9 Å². The molecule has 3 aromatic heterocycles. The molecular formula is C25H24N4O2S3. The fraction of sp³-hybridized carbons (Fsp3) is 0.360. The summed E-state index contributed by atoms with van der Waals surface area (Å²) in [6.45, 7) is 2.55. The van der Waals surface area contributed by atoms with Gasteiger partial charge in [-0.05, 0) is 36.6 Å². The Morgan fingerprint density at radius 1 is 1.09 bits per heavy atom. The fourth-order valence-electron chi connectivity index (χ4n) is 4.78. The van der Waals surface area contributed by atoms with Crippen molar-refractivity contribution in [3.8, 4) is 11.3 Å². The van der Waals surface area contributed by atoms with Gasteiger partial charge < -0.3 is 9.64 Å². The summed E-state index contributed by atoms with van der Waals surface area (Å²) in [6.07, 6.45) is 5.25. The van der Waals surface area contributed by atoms with Gasteiger partial charge in [-0.15, -0.1) is 11.3 Å². The third kappa shape index (κ3) is 3.98. The number of ether oxygens (including phenoxy) is 1. The van der Waals surface area contributed by atoms with Crippen molar-refractivity contribution in [3.63, 3.8) is 0 Å². The van der Waals surface area contributed by atoms with E-state index in [2.05, 4.69) is 24.3 Å². The van der Waals surface area contributed by atoms with Crippen LogP contribution in [0.2, 0.25) is 0 Å². The predicted molar refractivity (Wildman–Crippen MR) is 140 cm³/mol. The first kappa shape index (κ1) is 22.3. The van der Waals surface area contributed by atoms with E-state index in [9.17, 15) is 4.79 Å². The molecule has 34 heavy (non-hydrogen) atoms. The van der Waals surface area contributed by atoms with Crippen LogP contribution >= 0.6 is 34.9 Å². The molecule has 0 atom stereocenters. The highest BCUT2D eigenvalue weighted by molar-refractivity contribution is 8.00. The number of thioether (sulfide) groups is 2. The van der Waals surface area contributed by atoms with Crippen molar-refractivity contribution >= 4 is 61.2 Å². The minimum Gasteiger partial charge on any atom is -0.378 e. The average Bonchev–Trinajstić information content (AvgIpc) is 3.52. The van der Waals surface area contributed by atoms with Gasteiger partial charge >= 0.3 is 0 Å².